The van der Waals surface area contributed by atoms with Crippen molar-refractivity contribution >= 4 is 17.7 Å². The highest BCUT2D eigenvalue weighted by atomic mass is 16.2. The summed E-state index contributed by atoms with van der Waals surface area (Å²) in [6.07, 6.45) is 3.62. The minimum absolute atomic E-state index is 0.111. The number of nitrogens with one attached hydrogen (secondary N) is 3. The lowest BCUT2D eigenvalue weighted by molar-refractivity contribution is -0.141. The molecule has 1 aliphatic rings. The fourth-order valence-corrected chi connectivity index (χ4v) is 1.92. The van der Waals surface area contributed by atoms with E-state index in [0.717, 1.165) is 24.8 Å². The second-order valence-electron chi connectivity index (χ2n) is 5.42. The summed E-state index contributed by atoms with van der Waals surface area (Å²) in [5.74, 6) is -1.88. The lowest BCUT2D eigenvalue weighted by atomic mass is 10.1. The molecule has 6 heteroatoms. The fourth-order valence-electron chi connectivity index (χ4n) is 1.92. The second kappa shape index (κ2) is 7.59. The molecule has 0 aromatic heterocycles. The molecule has 0 bridgehead atoms. The van der Waals surface area contributed by atoms with Gasteiger partial charge in [0.15, 0.2) is 0 Å². The third-order valence-electron chi connectivity index (χ3n) is 3.51. The minimum atomic E-state index is -0.840. The van der Waals surface area contributed by atoms with E-state index < -0.39 is 11.8 Å². The predicted octanol–water partition coefficient (Wildman–Crippen LogP) is 0.608. The van der Waals surface area contributed by atoms with Crippen LogP contribution < -0.4 is 16.2 Å². The van der Waals surface area contributed by atoms with Crippen LogP contribution in [0.15, 0.2) is 24.3 Å². The average Bonchev–Trinajstić information content (AvgIpc) is 3.34. The third-order valence-corrected chi connectivity index (χ3v) is 3.51. The SMILES string of the molecule is CCc1ccc(CCC(=O)NNC(=O)C(=O)NC2CC2)cc1. The average molecular weight is 303 g/mol. The molecule has 0 atom stereocenters. The van der Waals surface area contributed by atoms with E-state index in [0.29, 0.717) is 6.42 Å². The summed E-state index contributed by atoms with van der Waals surface area (Å²) in [4.78, 5) is 34.4. The van der Waals surface area contributed by atoms with Crippen molar-refractivity contribution in [3.63, 3.8) is 0 Å². The van der Waals surface area contributed by atoms with Gasteiger partial charge in [-0.15, -0.1) is 0 Å². The highest BCUT2D eigenvalue weighted by Gasteiger charge is 2.26. The van der Waals surface area contributed by atoms with Crippen molar-refractivity contribution in [1.82, 2.24) is 16.2 Å². The normalized spacial score (nSPS) is 13.3. The van der Waals surface area contributed by atoms with E-state index in [1.54, 1.807) is 0 Å². The summed E-state index contributed by atoms with van der Waals surface area (Å²) in [6, 6.07) is 8.18. The summed E-state index contributed by atoms with van der Waals surface area (Å²) >= 11 is 0. The molecule has 3 amide bonds. The molecule has 0 heterocycles. The standard InChI is InChI=1S/C16H21N3O3/c1-2-11-3-5-12(6-4-11)7-10-14(20)18-19-16(22)15(21)17-13-8-9-13/h3-6,13H,2,7-10H2,1H3,(H,17,21)(H,18,20)(H,19,22). The quantitative estimate of drug-likeness (QED) is 0.550. The van der Waals surface area contributed by atoms with Gasteiger partial charge in [-0.25, -0.2) is 0 Å². The van der Waals surface area contributed by atoms with Crippen molar-refractivity contribution in [2.75, 3.05) is 0 Å². The van der Waals surface area contributed by atoms with Crippen LogP contribution in [0.2, 0.25) is 0 Å². The summed E-state index contributed by atoms with van der Waals surface area (Å²) in [7, 11) is 0. The molecule has 0 aliphatic heterocycles. The summed E-state index contributed by atoms with van der Waals surface area (Å²) < 4.78 is 0. The number of hydrazine groups is 1. The number of rotatable bonds is 5. The summed E-state index contributed by atoms with van der Waals surface area (Å²) in [5.41, 5.74) is 6.68. The fraction of sp³-hybridized carbons (Fsp3) is 0.438. The predicted molar refractivity (Wildman–Crippen MR) is 81.6 cm³/mol. The molecule has 1 aromatic carbocycles. The minimum Gasteiger partial charge on any atom is -0.345 e. The maximum Gasteiger partial charge on any atom is 0.327 e. The van der Waals surface area contributed by atoms with E-state index in [1.165, 1.54) is 5.56 Å². The summed E-state index contributed by atoms with van der Waals surface area (Å²) in [6.45, 7) is 2.09. The van der Waals surface area contributed by atoms with Crippen LogP contribution in [0.1, 0.15) is 37.3 Å². The number of hydrogen-bond acceptors (Lipinski definition) is 3. The first-order chi connectivity index (χ1) is 10.6. The first kappa shape index (κ1) is 16.0. The van der Waals surface area contributed by atoms with Gasteiger partial charge in [0.05, 0.1) is 0 Å². The van der Waals surface area contributed by atoms with Crippen molar-refractivity contribution in [2.45, 2.75) is 45.1 Å². The molecule has 1 aliphatic carbocycles. The zero-order valence-electron chi connectivity index (χ0n) is 12.6. The van der Waals surface area contributed by atoms with Gasteiger partial charge in [-0.2, -0.15) is 0 Å². The largest absolute Gasteiger partial charge is 0.345 e. The van der Waals surface area contributed by atoms with Crippen LogP contribution in [0.5, 0.6) is 0 Å². The maximum atomic E-state index is 11.6. The van der Waals surface area contributed by atoms with Gasteiger partial charge in [0, 0.05) is 12.5 Å². The van der Waals surface area contributed by atoms with Crippen LogP contribution >= 0.6 is 0 Å². The maximum absolute atomic E-state index is 11.6. The molecular formula is C16H21N3O3. The molecule has 0 radical (unpaired) electrons. The van der Waals surface area contributed by atoms with Gasteiger partial charge in [0.2, 0.25) is 5.91 Å². The molecular weight excluding hydrogens is 282 g/mol. The van der Waals surface area contributed by atoms with Crippen molar-refractivity contribution in [3.05, 3.63) is 35.4 Å². The van der Waals surface area contributed by atoms with Gasteiger partial charge >= 0.3 is 11.8 Å². The van der Waals surface area contributed by atoms with E-state index in [9.17, 15) is 14.4 Å². The highest BCUT2D eigenvalue weighted by molar-refractivity contribution is 6.35. The monoisotopic (exact) mass is 303 g/mol. The number of aryl methyl sites for hydroxylation is 2. The Hall–Kier alpha value is -2.37. The molecule has 1 saturated carbocycles. The van der Waals surface area contributed by atoms with Gasteiger partial charge in [0.1, 0.15) is 0 Å². The van der Waals surface area contributed by atoms with Crippen LogP contribution in [0, 0.1) is 0 Å². The molecule has 3 N–H and O–H groups in total. The number of carbonyl (C=O) groups excluding carboxylic acids is 3. The molecule has 0 spiro atoms. The van der Waals surface area contributed by atoms with Gasteiger partial charge in [-0.05, 0) is 36.8 Å². The first-order valence-electron chi connectivity index (χ1n) is 7.56. The van der Waals surface area contributed by atoms with Crippen molar-refractivity contribution < 1.29 is 14.4 Å². The molecule has 1 fully saturated rings. The van der Waals surface area contributed by atoms with E-state index in [-0.39, 0.29) is 18.4 Å². The smallest absolute Gasteiger partial charge is 0.327 e. The lowest BCUT2D eigenvalue weighted by Gasteiger charge is -2.07. The lowest BCUT2D eigenvalue weighted by Crippen LogP contribution is -2.49. The number of amides is 3. The van der Waals surface area contributed by atoms with Crippen molar-refractivity contribution in [3.8, 4) is 0 Å². The zero-order chi connectivity index (χ0) is 15.9. The van der Waals surface area contributed by atoms with Gasteiger partial charge in [-0.3, -0.25) is 25.2 Å². The Bertz CT molecular complexity index is 550. The van der Waals surface area contributed by atoms with Crippen LogP contribution in [-0.2, 0) is 27.2 Å². The van der Waals surface area contributed by atoms with Crippen LogP contribution in [0.3, 0.4) is 0 Å². The Labute approximate surface area is 129 Å². The zero-order valence-corrected chi connectivity index (χ0v) is 12.6. The first-order valence-corrected chi connectivity index (χ1v) is 7.56. The number of carbonyl (C=O) groups is 3. The molecule has 0 saturated heterocycles. The third kappa shape index (κ3) is 5.20. The van der Waals surface area contributed by atoms with Crippen LogP contribution in [0.25, 0.3) is 0 Å². The Morgan fingerprint density at radius 2 is 1.64 bits per heavy atom. The number of hydrogen-bond donors (Lipinski definition) is 3. The summed E-state index contributed by atoms with van der Waals surface area (Å²) in [5, 5.41) is 2.54. The molecule has 2 rings (SSSR count). The van der Waals surface area contributed by atoms with E-state index in [2.05, 4.69) is 23.1 Å². The molecule has 118 valence electrons. The Morgan fingerprint density at radius 1 is 1.00 bits per heavy atom. The van der Waals surface area contributed by atoms with Crippen LogP contribution in [0.4, 0.5) is 0 Å². The molecule has 6 nitrogen and oxygen atoms in total. The van der Waals surface area contributed by atoms with Crippen molar-refractivity contribution in [1.29, 1.82) is 0 Å². The Kier molecular flexibility index (Phi) is 5.52. The topological polar surface area (TPSA) is 87.3 Å². The van der Waals surface area contributed by atoms with E-state index in [1.807, 2.05) is 24.3 Å². The Balaban J connectivity index is 1.66. The molecule has 22 heavy (non-hydrogen) atoms. The van der Waals surface area contributed by atoms with Gasteiger partial charge < -0.3 is 5.32 Å². The number of benzene rings is 1. The highest BCUT2D eigenvalue weighted by Crippen LogP contribution is 2.18. The van der Waals surface area contributed by atoms with Gasteiger partial charge in [-0.1, -0.05) is 31.2 Å². The Morgan fingerprint density at radius 3 is 2.23 bits per heavy atom. The van der Waals surface area contributed by atoms with Gasteiger partial charge in [0.25, 0.3) is 0 Å². The van der Waals surface area contributed by atoms with Crippen LogP contribution in [-0.4, -0.2) is 23.8 Å². The molecule has 0 unspecified atom stereocenters. The van der Waals surface area contributed by atoms with E-state index in [4.69, 9.17) is 0 Å². The van der Waals surface area contributed by atoms with E-state index >= 15 is 0 Å². The van der Waals surface area contributed by atoms with Crippen molar-refractivity contribution in [2.24, 2.45) is 0 Å². The molecule has 1 aromatic rings. The second-order valence-corrected chi connectivity index (χ2v) is 5.42.